The first-order chi connectivity index (χ1) is 20.6. The van der Waals surface area contributed by atoms with Gasteiger partial charge in [-0.3, -0.25) is 4.79 Å². The number of carbonyl (C=O) groups is 3. The van der Waals surface area contributed by atoms with Crippen LogP contribution in [-0.4, -0.2) is 68.2 Å². The number of piperidine rings is 1. The quantitative estimate of drug-likeness (QED) is 0.0979. The molecule has 1 fully saturated rings. The molecular formula is C34H51NO9. The number of rotatable bonds is 13. The van der Waals surface area contributed by atoms with Gasteiger partial charge in [0.15, 0.2) is 11.5 Å². The number of nitrogens with zero attached hydrogens (tertiary/aromatic N) is 1. The third-order valence-electron chi connectivity index (χ3n) is 7.31. The molecule has 10 nitrogen and oxygen atoms in total. The summed E-state index contributed by atoms with van der Waals surface area (Å²) in [5, 5.41) is 0. The van der Waals surface area contributed by atoms with Crippen molar-refractivity contribution in [3.8, 4) is 11.5 Å². The van der Waals surface area contributed by atoms with Crippen LogP contribution in [0.15, 0.2) is 41.7 Å². The molecule has 2 rings (SSSR count). The molecule has 1 aliphatic heterocycles. The number of imide groups is 1. The zero-order chi connectivity index (χ0) is 33.2. The summed E-state index contributed by atoms with van der Waals surface area (Å²) in [6, 6.07) is 5.00. The van der Waals surface area contributed by atoms with Gasteiger partial charge in [0.05, 0.1) is 25.5 Å². The normalized spacial score (nSPS) is 17.7. The molecule has 0 N–H and O–H groups in total. The van der Waals surface area contributed by atoms with Crippen molar-refractivity contribution in [2.75, 3.05) is 27.4 Å². The fraction of sp³-hybridized carbons (Fsp3) is 0.618. The summed E-state index contributed by atoms with van der Waals surface area (Å²) in [6.45, 7) is 19.2. The van der Waals surface area contributed by atoms with E-state index in [1.165, 1.54) is 6.92 Å². The van der Waals surface area contributed by atoms with Gasteiger partial charge in [0, 0.05) is 32.1 Å². The molecule has 1 aromatic carbocycles. The highest BCUT2D eigenvalue weighted by atomic mass is 16.7. The highest BCUT2D eigenvalue weighted by Gasteiger charge is 2.47. The van der Waals surface area contributed by atoms with E-state index in [9.17, 15) is 14.4 Å². The lowest BCUT2D eigenvalue weighted by molar-refractivity contribution is -0.135. The van der Waals surface area contributed by atoms with Crippen LogP contribution in [0.25, 0.3) is 0 Å². The molecule has 2 amide bonds. The van der Waals surface area contributed by atoms with Gasteiger partial charge < -0.3 is 28.4 Å². The van der Waals surface area contributed by atoms with Crippen LogP contribution in [0.3, 0.4) is 0 Å². The SMILES string of the molecule is C=C(C)OC(=O)N1C(=O)C(=C(C)C)C[C@H](OC(=O)OC(C)(C)C)[C@@H]1CC(Cc1ccc(OC)c(OCCCOC)c1)C(C)C. The maximum atomic E-state index is 13.8. The summed E-state index contributed by atoms with van der Waals surface area (Å²) in [6.07, 6.45) is -0.724. The van der Waals surface area contributed by atoms with Crippen LogP contribution in [0.1, 0.15) is 80.2 Å². The molecule has 1 unspecified atom stereocenters. The standard InChI is InChI=1S/C34H51NO9/c1-21(2)25(17-24-13-14-28(40-11)30(18-24)41-16-12-15-39-10)19-27-29(43-33(38)44-34(7,8)9)20-26(22(3)4)31(36)35(27)32(37)42-23(5)6/h13-14,18,21,25,27,29H,5,12,15-17,19-20H2,1-4,6-11H3/t25?,27-,29-/m0/s1. The summed E-state index contributed by atoms with van der Waals surface area (Å²) in [5.74, 6) is 1.04. The van der Waals surface area contributed by atoms with Crippen LogP contribution in [0.4, 0.5) is 9.59 Å². The maximum absolute atomic E-state index is 13.8. The van der Waals surface area contributed by atoms with E-state index in [2.05, 4.69) is 20.4 Å². The van der Waals surface area contributed by atoms with Gasteiger partial charge in [-0.2, -0.15) is 0 Å². The van der Waals surface area contributed by atoms with Gasteiger partial charge in [0.1, 0.15) is 11.7 Å². The number of likely N-dealkylation sites (tertiary alicyclic amines) is 1. The van der Waals surface area contributed by atoms with E-state index >= 15 is 0 Å². The van der Waals surface area contributed by atoms with Gasteiger partial charge in [-0.1, -0.05) is 32.1 Å². The fourth-order valence-corrected chi connectivity index (χ4v) is 5.05. The molecule has 0 radical (unpaired) electrons. The molecule has 1 aliphatic rings. The molecule has 44 heavy (non-hydrogen) atoms. The van der Waals surface area contributed by atoms with Crippen molar-refractivity contribution in [3.05, 3.63) is 47.2 Å². The Morgan fingerprint density at radius 2 is 1.75 bits per heavy atom. The Bertz CT molecular complexity index is 1190. The van der Waals surface area contributed by atoms with Gasteiger partial charge in [-0.05, 0) is 83.9 Å². The summed E-state index contributed by atoms with van der Waals surface area (Å²) in [5.41, 5.74) is 1.32. The second-order valence-corrected chi connectivity index (χ2v) is 12.7. The number of hydrogen-bond donors (Lipinski definition) is 0. The van der Waals surface area contributed by atoms with Crippen LogP contribution in [0.5, 0.6) is 11.5 Å². The topological polar surface area (TPSA) is 110 Å². The molecular weight excluding hydrogens is 566 g/mol. The molecule has 0 bridgehead atoms. The molecule has 0 saturated carbocycles. The molecule has 246 valence electrons. The first-order valence-electron chi connectivity index (χ1n) is 15.1. The van der Waals surface area contributed by atoms with Crippen molar-refractivity contribution >= 4 is 18.2 Å². The zero-order valence-electron chi connectivity index (χ0n) is 28.1. The molecule has 10 heteroatoms. The maximum Gasteiger partial charge on any atom is 0.509 e. The van der Waals surface area contributed by atoms with Crippen molar-refractivity contribution in [2.45, 2.75) is 98.8 Å². The minimum atomic E-state index is -0.866. The van der Waals surface area contributed by atoms with E-state index in [1.54, 1.807) is 48.8 Å². The second kappa shape index (κ2) is 16.5. The average Bonchev–Trinajstić information content (AvgIpc) is 2.90. The third-order valence-corrected chi connectivity index (χ3v) is 7.31. The van der Waals surface area contributed by atoms with Crippen LogP contribution in [0, 0.1) is 11.8 Å². The first-order valence-corrected chi connectivity index (χ1v) is 15.1. The van der Waals surface area contributed by atoms with E-state index in [-0.39, 0.29) is 24.0 Å². The summed E-state index contributed by atoms with van der Waals surface area (Å²) < 4.78 is 33.3. The molecule has 1 aromatic rings. The summed E-state index contributed by atoms with van der Waals surface area (Å²) in [7, 11) is 3.24. The van der Waals surface area contributed by atoms with E-state index < -0.39 is 35.9 Å². The number of amides is 2. The van der Waals surface area contributed by atoms with Crippen LogP contribution in [0.2, 0.25) is 0 Å². The Morgan fingerprint density at radius 3 is 2.30 bits per heavy atom. The fourth-order valence-electron chi connectivity index (χ4n) is 5.05. The van der Waals surface area contributed by atoms with Gasteiger partial charge in [-0.15, -0.1) is 0 Å². The van der Waals surface area contributed by atoms with E-state index in [0.29, 0.717) is 43.1 Å². The van der Waals surface area contributed by atoms with Gasteiger partial charge in [0.25, 0.3) is 5.91 Å². The van der Waals surface area contributed by atoms with Gasteiger partial charge >= 0.3 is 12.2 Å². The zero-order valence-corrected chi connectivity index (χ0v) is 28.1. The lowest BCUT2D eigenvalue weighted by Gasteiger charge is -2.42. The van der Waals surface area contributed by atoms with E-state index in [4.69, 9.17) is 28.4 Å². The summed E-state index contributed by atoms with van der Waals surface area (Å²) in [4.78, 5) is 41.2. The van der Waals surface area contributed by atoms with Crippen molar-refractivity contribution in [3.63, 3.8) is 0 Å². The molecule has 1 saturated heterocycles. The van der Waals surface area contributed by atoms with Gasteiger partial charge in [-0.25, -0.2) is 14.5 Å². The average molecular weight is 618 g/mol. The smallest absolute Gasteiger partial charge is 0.493 e. The predicted octanol–water partition coefficient (Wildman–Crippen LogP) is 7.24. The second-order valence-electron chi connectivity index (χ2n) is 12.7. The number of ether oxygens (including phenoxy) is 6. The number of methoxy groups -OCH3 is 2. The van der Waals surface area contributed by atoms with Gasteiger partial charge in [0.2, 0.25) is 0 Å². The van der Waals surface area contributed by atoms with Crippen molar-refractivity contribution in [2.24, 2.45) is 11.8 Å². The molecule has 0 aromatic heterocycles. The number of carbonyl (C=O) groups excluding carboxylic acids is 3. The third kappa shape index (κ3) is 10.9. The number of benzene rings is 1. The Balaban J connectivity index is 2.49. The summed E-state index contributed by atoms with van der Waals surface area (Å²) >= 11 is 0. The van der Waals surface area contributed by atoms with Crippen molar-refractivity contribution in [1.29, 1.82) is 0 Å². The monoisotopic (exact) mass is 617 g/mol. The minimum Gasteiger partial charge on any atom is -0.493 e. The minimum absolute atomic E-state index is 0.0272. The first kappa shape index (κ1) is 36.7. The number of hydrogen-bond acceptors (Lipinski definition) is 9. The Morgan fingerprint density at radius 1 is 1.07 bits per heavy atom. The van der Waals surface area contributed by atoms with Crippen LogP contribution in [-0.2, 0) is 30.2 Å². The predicted molar refractivity (Wildman–Crippen MR) is 168 cm³/mol. The lowest BCUT2D eigenvalue weighted by atomic mass is 9.79. The van der Waals surface area contributed by atoms with Crippen molar-refractivity contribution < 1.29 is 42.8 Å². The van der Waals surface area contributed by atoms with Crippen LogP contribution >= 0.6 is 0 Å². The Kier molecular flexibility index (Phi) is 13.8. The molecule has 0 aliphatic carbocycles. The van der Waals surface area contributed by atoms with Crippen molar-refractivity contribution in [1.82, 2.24) is 4.90 Å². The van der Waals surface area contributed by atoms with Crippen LogP contribution < -0.4 is 9.47 Å². The Labute approximate surface area is 262 Å². The highest BCUT2D eigenvalue weighted by molar-refractivity contribution is 6.04. The molecule has 3 atom stereocenters. The molecule has 1 heterocycles. The number of allylic oxidation sites excluding steroid dienone is 2. The highest BCUT2D eigenvalue weighted by Crippen LogP contribution is 2.36. The Hall–Kier alpha value is -3.53. The lowest BCUT2D eigenvalue weighted by Crippen LogP contribution is -2.57. The van der Waals surface area contributed by atoms with E-state index in [1.807, 2.05) is 18.2 Å². The largest absolute Gasteiger partial charge is 0.509 e. The van der Waals surface area contributed by atoms with E-state index in [0.717, 1.165) is 22.5 Å². The molecule has 0 spiro atoms.